The molecule has 2 rings (SSSR count). The zero-order valence-electron chi connectivity index (χ0n) is 6.35. The van der Waals surface area contributed by atoms with E-state index in [-0.39, 0.29) is 0 Å². The quantitative estimate of drug-likeness (QED) is 0.558. The normalized spacial score (nSPS) is 23.2. The van der Waals surface area contributed by atoms with E-state index < -0.39 is 0 Å². The van der Waals surface area contributed by atoms with Crippen LogP contribution in [0.3, 0.4) is 0 Å². The number of nitrogens with zero attached hydrogens (tertiary/aromatic N) is 1. The van der Waals surface area contributed by atoms with Crippen LogP contribution in [0, 0.1) is 6.92 Å². The molecule has 1 aliphatic rings. The Hall–Kier alpha value is -0.370. The Bertz CT molecular complexity index is 252. The van der Waals surface area contributed by atoms with Crippen LogP contribution in [0.1, 0.15) is 35.4 Å². The molecule has 2 heteroatoms. The Balaban J connectivity index is 2.54. The minimum atomic E-state index is 0.772. The molecule has 0 aromatic carbocycles. The molecule has 0 saturated carbocycles. The van der Waals surface area contributed by atoms with Crippen molar-refractivity contribution in [1.82, 2.24) is 4.37 Å². The summed E-state index contributed by atoms with van der Waals surface area (Å²) in [6.07, 6.45) is 2.52. The number of hydrogen-bond donors (Lipinski definition) is 0. The van der Waals surface area contributed by atoms with Crippen molar-refractivity contribution >= 4 is 11.5 Å². The van der Waals surface area contributed by atoms with Crippen LogP contribution in [0.5, 0.6) is 0 Å². The van der Waals surface area contributed by atoms with Crippen LogP contribution in [-0.4, -0.2) is 4.37 Å². The molecule has 1 nitrogen and oxygen atoms in total. The van der Waals surface area contributed by atoms with Gasteiger partial charge in [0.2, 0.25) is 0 Å². The summed E-state index contributed by atoms with van der Waals surface area (Å²) in [5.74, 6) is 0.772. The highest BCUT2D eigenvalue weighted by atomic mass is 32.1. The van der Waals surface area contributed by atoms with Gasteiger partial charge in [0.15, 0.2) is 0 Å². The highest BCUT2D eigenvalue weighted by molar-refractivity contribution is 7.05. The summed E-state index contributed by atoms with van der Waals surface area (Å²) in [7, 11) is 0. The first-order chi connectivity index (χ1) is 4.79. The molecule has 0 saturated heterocycles. The van der Waals surface area contributed by atoms with Crippen LogP contribution >= 0.6 is 11.5 Å². The topological polar surface area (TPSA) is 12.9 Å². The average molecular weight is 153 g/mol. The van der Waals surface area contributed by atoms with Gasteiger partial charge >= 0.3 is 0 Å². The average Bonchev–Trinajstić information content (AvgIpc) is 2.40. The Morgan fingerprint density at radius 2 is 2.40 bits per heavy atom. The summed E-state index contributed by atoms with van der Waals surface area (Å²) in [6, 6.07) is 0. The Morgan fingerprint density at radius 1 is 1.60 bits per heavy atom. The maximum Gasteiger partial charge on any atom is 0.0579 e. The summed E-state index contributed by atoms with van der Waals surface area (Å²) < 4.78 is 4.39. The van der Waals surface area contributed by atoms with E-state index in [4.69, 9.17) is 0 Å². The molecule has 1 unspecified atom stereocenters. The SMILES string of the molecule is Cc1snc2c1C(C)CC2. The van der Waals surface area contributed by atoms with Gasteiger partial charge in [0.1, 0.15) is 0 Å². The fraction of sp³-hybridized carbons (Fsp3) is 0.625. The Labute approximate surface area is 65.3 Å². The van der Waals surface area contributed by atoms with Gasteiger partial charge in [-0.2, -0.15) is 4.37 Å². The summed E-state index contributed by atoms with van der Waals surface area (Å²) in [5.41, 5.74) is 2.92. The van der Waals surface area contributed by atoms with Gasteiger partial charge in [-0.3, -0.25) is 0 Å². The van der Waals surface area contributed by atoms with Crippen molar-refractivity contribution in [2.75, 3.05) is 0 Å². The second kappa shape index (κ2) is 2.06. The fourth-order valence-corrected chi connectivity index (χ4v) is 2.59. The van der Waals surface area contributed by atoms with Crippen LogP contribution in [0.15, 0.2) is 0 Å². The molecule has 0 spiro atoms. The van der Waals surface area contributed by atoms with Crippen LogP contribution in [0.4, 0.5) is 0 Å². The molecule has 1 aromatic rings. The summed E-state index contributed by atoms with van der Waals surface area (Å²) in [4.78, 5) is 1.43. The molecule has 0 fully saturated rings. The summed E-state index contributed by atoms with van der Waals surface area (Å²) in [6.45, 7) is 4.48. The lowest BCUT2D eigenvalue weighted by molar-refractivity contribution is 0.743. The summed E-state index contributed by atoms with van der Waals surface area (Å²) in [5, 5.41) is 0. The molecule has 0 amide bonds. The van der Waals surface area contributed by atoms with E-state index in [2.05, 4.69) is 18.2 Å². The van der Waals surface area contributed by atoms with E-state index in [1.54, 1.807) is 17.1 Å². The third-order valence-electron chi connectivity index (χ3n) is 2.29. The molecule has 0 aliphatic heterocycles. The van der Waals surface area contributed by atoms with E-state index in [1.807, 2.05) is 0 Å². The lowest BCUT2D eigenvalue weighted by atomic mass is 10.1. The molecule has 1 heterocycles. The van der Waals surface area contributed by atoms with Crippen LogP contribution < -0.4 is 0 Å². The predicted octanol–water partition coefficient (Wildman–Crippen LogP) is 2.50. The molecule has 10 heavy (non-hydrogen) atoms. The zero-order chi connectivity index (χ0) is 7.14. The van der Waals surface area contributed by atoms with Gasteiger partial charge in [0, 0.05) is 4.88 Å². The molecule has 1 aliphatic carbocycles. The number of fused-ring (bicyclic) bond motifs is 1. The van der Waals surface area contributed by atoms with Gasteiger partial charge in [0.25, 0.3) is 0 Å². The first kappa shape index (κ1) is 6.35. The minimum Gasteiger partial charge on any atom is -0.197 e. The third kappa shape index (κ3) is 0.717. The maximum absolute atomic E-state index is 4.39. The van der Waals surface area contributed by atoms with Crippen LogP contribution in [0.25, 0.3) is 0 Å². The Morgan fingerprint density at radius 3 is 3.10 bits per heavy atom. The van der Waals surface area contributed by atoms with Crippen molar-refractivity contribution in [2.45, 2.75) is 32.6 Å². The smallest absolute Gasteiger partial charge is 0.0579 e. The van der Waals surface area contributed by atoms with E-state index in [0.717, 1.165) is 5.92 Å². The van der Waals surface area contributed by atoms with Crippen molar-refractivity contribution in [3.63, 3.8) is 0 Å². The largest absolute Gasteiger partial charge is 0.197 e. The van der Waals surface area contributed by atoms with Crippen LogP contribution in [0.2, 0.25) is 0 Å². The van der Waals surface area contributed by atoms with Gasteiger partial charge in [-0.05, 0) is 42.8 Å². The number of hydrogen-bond acceptors (Lipinski definition) is 2. The van der Waals surface area contributed by atoms with Crippen molar-refractivity contribution in [3.8, 4) is 0 Å². The maximum atomic E-state index is 4.39. The third-order valence-corrected chi connectivity index (χ3v) is 3.10. The van der Waals surface area contributed by atoms with Gasteiger partial charge < -0.3 is 0 Å². The first-order valence-corrected chi connectivity index (χ1v) is 4.51. The van der Waals surface area contributed by atoms with Gasteiger partial charge in [-0.1, -0.05) is 6.92 Å². The van der Waals surface area contributed by atoms with Crippen molar-refractivity contribution in [3.05, 3.63) is 16.1 Å². The van der Waals surface area contributed by atoms with Crippen molar-refractivity contribution in [1.29, 1.82) is 0 Å². The number of aryl methyl sites for hydroxylation is 2. The highest BCUT2D eigenvalue weighted by Gasteiger charge is 2.22. The number of aromatic nitrogens is 1. The molecular formula is C8H11NS. The zero-order valence-corrected chi connectivity index (χ0v) is 7.16. The molecule has 0 bridgehead atoms. The predicted molar refractivity (Wildman–Crippen MR) is 43.6 cm³/mol. The monoisotopic (exact) mass is 153 g/mol. The lowest BCUT2D eigenvalue weighted by Crippen LogP contribution is -1.84. The fourth-order valence-electron chi connectivity index (χ4n) is 1.73. The highest BCUT2D eigenvalue weighted by Crippen LogP contribution is 2.35. The molecule has 54 valence electrons. The van der Waals surface area contributed by atoms with Gasteiger partial charge in [0.05, 0.1) is 5.69 Å². The van der Waals surface area contributed by atoms with E-state index in [1.165, 1.54) is 23.4 Å². The minimum absolute atomic E-state index is 0.772. The van der Waals surface area contributed by atoms with Crippen molar-refractivity contribution in [2.24, 2.45) is 0 Å². The molecular weight excluding hydrogens is 142 g/mol. The van der Waals surface area contributed by atoms with E-state index in [9.17, 15) is 0 Å². The molecule has 0 radical (unpaired) electrons. The second-order valence-electron chi connectivity index (χ2n) is 3.04. The molecule has 1 aromatic heterocycles. The second-order valence-corrected chi connectivity index (χ2v) is 4.02. The number of rotatable bonds is 0. The van der Waals surface area contributed by atoms with Gasteiger partial charge in [-0.15, -0.1) is 0 Å². The molecule has 0 N–H and O–H groups in total. The van der Waals surface area contributed by atoms with Crippen molar-refractivity contribution < 1.29 is 0 Å². The Kier molecular flexibility index (Phi) is 1.31. The molecule has 1 atom stereocenters. The summed E-state index contributed by atoms with van der Waals surface area (Å²) >= 11 is 1.66. The first-order valence-electron chi connectivity index (χ1n) is 3.74. The standard InChI is InChI=1S/C8H11NS/c1-5-3-4-7-8(5)6(2)10-9-7/h5H,3-4H2,1-2H3. The van der Waals surface area contributed by atoms with E-state index in [0.29, 0.717) is 0 Å². The lowest BCUT2D eigenvalue weighted by Gasteiger charge is -1.99. The van der Waals surface area contributed by atoms with E-state index >= 15 is 0 Å². The van der Waals surface area contributed by atoms with Crippen LogP contribution in [-0.2, 0) is 6.42 Å². The van der Waals surface area contributed by atoms with Gasteiger partial charge in [-0.25, -0.2) is 0 Å².